The van der Waals surface area contributed by atoms with Gasteiger partial charge >= 0.3 is 0 Å². The average molecular weight is 868 g/mol. The molecule has 0 aliphatic rings. The molecule has 2 atom stereocenters. The molecular formula is C43H56Cl2N4O5SSi2. The highest BCUT2D eigenvalue weighted by molar-refractivity contribution is 7.98. The molecule has 14 heteroatoms. The lowest BCUT2D eigenvalue weighted by molar-refractivity contribution is -0.00839. The fourth-order valence-corrected chi connectivity index (χ4v) is 9.44. The van der Waals surface area contributed by atoms with E-state index in [4.69, 9.17) is 51.5 Å². The molecule has 1 N–H and O–H groups in total. The van der Waals surface area contributed by atoms with Gasteiger partial charge in [-0.05, 0) is 78.8 Å². The van der Waals surface area contributed by atoms with E-state index in [-0.39, 0.29) is 38.3 Å². The molecule has 2 unspecified atom stereocenters. The predicted octanol–water partition coefficient (Wildman–Crippen LogP) is 12.0. The fourth-order valence-electron chi connectivity index (χ4n) is 6.17. The third kappa shape index (κ3) is 11.2. The fraction of sp³-hybridized carbons (Fsp3) is 0.419. The first-order chi connectivity index (χ1) is 26.8. The summed E-state index contributed by atoms with van der Waals surface area (Å²) in [5.41, 5.74) is 3.22. The molecule has 57 heavy (non-hydrogen) atoms. The molecule has 0 radical (unpaired) electrons. The number of hydrogen-bond donors (Lipinski definition) is 1. The van der Waals surface area contributed by atoms with Gasteiger partial charge in [0.05, 0.1) is 34.0 Å². The van der Waals surface area contributed by atoms with Gasteiger partial charge in [0.1, 0.15) is 29.5 Å². The average Bonchev–Trinajstić information content (AvgIpc) is 3.48. The first-order valence-electron chi connectivity index (χ1n) is 19.2. The maximum Gasteiger partial charge on any atom is 0.191 e. The first kappa shape index (κ1) is 44.7. The summed E-state index contributed by atoms with van der Waals surface area (Å²) in [6.07, 6.45) is 3.46. The molecule has 9 nitrogen and oxygen atoms in total. The lowest BCUT2D eigenvalue weighted by Gasteiger charge is -2.42. The molecule has 0 bridgehead atoms. The van der Waals surface area contributed by atoms with E-state index in [9.17, 15) is 5.21 Å². The molecule has 0 aliphatic heterocycles. The molecule has 5 rings (SSSR count). The van der Waals surface area contributed by atoms with Gasteiger partial charge in [0.15, 0.2) is 28.3 Å². The topological polar surface area (TPSA) is 101 Å². The maximum absolute atomic E-state index is 11.9. The van der Waals surface area contributed by atoms with Crippen molar-refractivity contribution in [2.24, 2.45) is 11.3 Å². The summed E-state index contributed by atoms with van der Waals surface area (Å²) in [7, 11) is -3.47. The van der Waals surface area contributed by atoms with Gasteiger partial charge in [0, 0.05) is 24.3 Å². The monoisotopic (exact) mass is 866 g/mol. The molecule has 2 aromatic heterocycles. The normalized spacial score (nSPS) is 13.5. The van der Waals surface area contributed by atoms with Crippen molar-refractivity contribution in [2.45, 2.75) is 90.6 Å². The van der Waals surface area contributed by atoms with Crippen molar-refractivity contribution >= 4 is 52.3 Å². The summed E-state index contributed by atoms with van der Waals surface area (Å²) in [5.74, 6) is 1.22. The summed E-state index contributed by atoms with van der Waals surface area (Å²) in [6, 6.07) is 22.7. The van der Waals surface area contributed by atoms with Gasteiger partial charge in [0.25, 0.3) is 0 Å². The Labute approximate surface area is 355 Å². The van der Waals surface area contributed by atoms with Crippen molar-refractivity contribution in [3.05, 3.63) is 94.6 Å². The highest BCUT2D eigenvalue weighted by Crippen LogP contribution is 2.43. The predicted molar refractivity (Wildman–Crippen MR) is 239 cm³/mol. The van der Waals surface area contributed by atoms with Crippen LogP contribution in [0.3, 0.4) is 0 Å². The first-order valence-corrected chi connectivity index (χ1v) is 26.8. The quantitative estimate of drug-likeness (QED) is 0.0450. The van der Waals surface area contributed by atoms with Crippen LogP contribution in [0.1, 0.15) is 47.1 Å². The Kier molecular flexibility index (Phi) is 14.7. The van der Waals surface area contributed by atoms with Crippen LogP contribution in [0.15, 0.2) is 84.1 Å². The van der Waals surface area contributed by atoms with Crippen LogP contribution < -0.4 is 9.47 Å². The minimum atomic E-state index is -2.06. The third-order valence-electron chi connectivity index (χ3n) is 10.1. The van der Waals surface area contributed by atoms with Crippen LogP contribution in [0.4, 0.5) is 0 Å². The van der Waals surface area contributed by atoms with Crippen LogP contribution >= 0.6 is 35.0 Å². The number of halogens is 2. The number of nitrogens with zero attached hydrogens (tertiary/aromatic N) is 4. The van der Waals surface area contributed by atoms with E-state index in [2.05, 4.69) is 72.7 Å². The van der Waals surface area contributed by atoms with E-state index < -0.39 is 17.4 Å². The smallest absolute Gasteiger partial charge is 0.191 e. The molecule has 0 fully saturated rings. The molecule has 0 spiro atoms. The molecule has 5 aromatic rings. The highest BCUT2D eigenvalue weighted by Gasteiger charge is 2.40. The van der Waals surface area contributed by atoms with E-state index in [1.807, 2.05) is 60.9 Å². The number of ether oxygens (including phenoxy) is 2. The molecule has 0 aliphatic carbocycles. The number of aromatic nitrogens is 4. The Bertz CT molecular complexity index is 2100. The van der Waals surface area contributed by atoms with Crippen molar-refractivity contribution in [1.29, 1.82) is 0 Å². The molecule has 2 heterocycles. The summed E-state index contributed by atoms with van der Waals surface area (Å²) in [6.45, 7) is 23.5. The second-order valence-corrected chi connectivity index (χ2v) is 25.8. The molecule has 3 aromatic carbocycles. The van der Waals surface area contributed by atoms with E-state index in [0.29, 0.717) is 64.7 Å². The molecule has 0 saturated heterocycles. The maximum atomic E-state index is 11.9. The summed E-state index contributed by atoms with van der Waals surface area (Å²) in [5, 5.41) is 13.1. The molecular weight excluding hydrogens is 812 g/mol. The third-order valence-corrected chi connectivity index (χ3v) is 16.6. The van der Waals surface area contributed by atoms with Crippen molar-refractivity contribution in [3.8, 4) is 45.5 Å². The van der Waals surface area contributed by atoms with E-state index in [0.717, 1.165) is 10.3 Å². The van der Waals surface area contributed by atoms with Crippen LogP contribution in [0.25, 0.3) is 34.0 Å². The number of benzene rings is 3. The van der Waals surface area contributed by atoms with Gasteiger partial charge in [-0.1, -0.05) is 119 Å². The number of thioether (sulfide) groups is 1. The minimum absolute atomic E-state index is 0.0563. The zero-order valence-electron chi connectivity index (χ0n) is 34.9. The second-order valence-electron chi connectivity index (χ2n) is 17.1. The zero-order chi connectivity index (χ0) is 41.7. The van der Waals surface area contributed by atoms with E-state index in [1.165, 1.54) is 11.8 Å². The summed E-state index contributed by atoms with van der Waals surface area (Å²) >= 11 is 15.5. The van der Waals surface area contributed by atoms with Crippen molar-refractivity contribution in [2.75, 3.05) is 19.5 Å². The van der Waals surface area contributed by atoms with Crippen LogP contribution in [0.5, 0.6) is 11.5 Å². The largest absolute Gasteiger partial charge is 0.493 e. The SMILES string of the molecule is CSc1nccc(-c2c(-c3cccc(OCc4ccccc4)c3)nc(-c3c(Cl)cc(OCC(CO[Si](C)(C)C(C)(C)C)C(O[SiH](C)C)C(C)(C)C)cc3Cl)n2O)n1. The Morgan fingerprint density at radius 1 is 0.860 bits per heavy atom. The Morgan fingerprint density at radius 3 is 2.16 bits per heavy atom. The summed E-state index contributed by atoms with van der Waals surface area (Å²) < 4.78 is 27.1. The van der Waals surface area contributed by atoms with Gasteiger partial charge in [0.2, 0.25) is 0 Å². The number of imidazole rings is 1. The number of rotatable bonds is 16. The summed E-state index contributed by atoms with van der Waals surface area (Å²) in [4.78, 5) is 14.0. The zero-order valence-corrected chi connectivity index (χ0v) is 39.4. The van der Waals surface area contributed by atoms with E-state index >= 15 is 0 Å². The van der Waals surface area contributed by atoms with Crippen LogP contribution in [-0.2, 0) is 15.5 Å². The van der Waals surface area contributed by atoms with Gasteiger partial charge in [-0.2, -0.15) is 4.73 Å². The van der Waals surface area contributed by atoms with Gasteiger partial charge < -0.3 is 23.5 Å². The van der Waals surface area contributed by atoms with Crippen molar-refractivity contribution in [1.82, 2.24) is 19.7 Å². The lowest BCUT2D eigenvalue weighted by atomic mass is 9.82. The van der Waals surface area contributed by atoms with Crippen LogP contribution in [-0.4, -0.2) is 67.8 Å². The van der Waals surface area contributed by atoms with Crippen molar-refractivity contribution in [3.63, 3.8) is 0 Å². The van der Waals surface area contributed by atoms with E-state index in [1.54, 1.807) is 24.4 Å². The second kappa shape index (κ2) is 18.7. The molecule has 306 valence electrons. The number of hydrogen-bond acceptors (Lipinski definition) is 9. The van der Waals surface area contributed by atoms with Crippen LogP contribution in [0, 0.1) is 11.3 Å². The minimum Gasteiger partial charge on any atom is -0.493 e. The van der Waals surface area contributed by atoms with Crippen LogP contribution in [0.2, 0.25) is 41.3 Å². The van der Waals surface area contributed by atoms with Gasteiger partial charge in [-0.15, -0.1) is 0 Å². The molecule has 0 amide bonds. The van der Waals surface area contributed by atoms with Crippen molar-refractivity contribution < 1.29 is 23.5 Å². The van der Waals surface area contributed by atoms with Gasteiger partial charge in [-0.3, -0.25) is 0 Å². The standard InChI is InChI=1S/C43H56Cl2N4O5SSi2/c1-42(2,3)39(54-56(8)9)30(27-53-57(10,11)43(4,5)6)26-52-32-23-33(44)36(34(45)24-32)40-48-37(38(49(40)50)35-20-21-46-41(47-35)55-7)29-18-15-19-31(22-29)51-25-28-16-13-12-14-17-28/h12-24,30,39,50,56H,25-27H2,1-11H3. The Hall–Kier alpha value is -3.37. The lowest BCUT2D eigenvalue weighted by Crippen LogP contribution is -2.48. The van der Waals surface area contributed by atoms with Gasteiger partial charge in [-0.25, -0.2) is 15.0 Å². The Balaban J connectivity index is 1.51. The Morgan fingerprint density at radius 2 is 1.54 bits per heavy atom. The molecule has 0 saturated carbocycles. The highest BCUT2D eigenvalue weighted by atomic mass is 35.5.